The topological polar surface area (TPSA) is 72.3 Å². The first kappa shape index (κ1) is 15.6. The van der Waals surface area contributed by atoms with Crippen LogP contribution in [0.3, 0.4) is 0 Å². The number of halogens is 3. The van der Waals surface area contributed by atoms with Gasteiger partial charge in [0.2, 0.25) is 5.91 Å². The summed E-state index contributed by atoms with van der Waals surface area (Å²) in [6, 6.07) is 2.95. The van der Waals surface area contributed by atoms with Crippen LogP contribution in [0.15, 0.2) is 18.2 Å². The number of primary amides is 1. The first-order chi connectivity index (χ1) is 9.84. The van der Waals surface area contributed by atoms with Gasteiger partial charge >= 0.3 is 6.18 Å². The van der Waals surface area contributed by atoms with E-state index in [-0.39, 0.29) is 6.54 Å². The van der Waals surface area contributed by atoms with Crippen LogP contribution in [0.4, 0.5) is 18.9 Å². The summed E-state index contributed by atoms with van der Waals surface area (Å²) in [7, 11) is 0. The van der Waals surface area contributed by atoms with E-state index >= 15 is 0 Å². The molecule has 21 heavy (non-hydrogen) atoms. The van der Waals surface area contributed by atoms with Crippen LogP contribution in [-0.2, 0) is 17.5 Å². The van der Waals surface area contributed by atoms with Crippen molar-refractivity contribution < 1.29 is 18.0 Å². The molecule has 1 amide bonds. The molecule has 0 spiro atoms. The van der Waals surface area contributed by atoms with Crippen LogP contribution < -0.4 is 16.4 Å². The SMILES string of the molecule is NCc1cc(C(F)(F)F)ccc1N1CCCCC1C(N)=O. The van der Waals surface area contributed by atoms with Crippen molar-refractivity contribution >= 4 is 11.6 Å². The lowest BCUT2D eigenvalue weighted by Crippen LogP contribution is -2.48. The van der Waals surface area contributed by atoms with E-state index in [1.807, 2.05) is 0 Å². The number of nitrogens with zero attached hydrogens (tertiary/aromatic N) is 1. The average Bonchev–Trinajstić information content (AvgIpc) is 2.45. The molecule has 4 N–H and O–H groups in total. The number of benzene rings is 1. The van der Waals surface area contributed by atoms with Gasteiger partial charge in [-0.3, -0.25) is 4.79 Å². The van der Waals surface area contributed by atoms with Crippen LogP contribution in [0, 0.1) is 0 Å². The van der Waals surface area contributed by atoms with E-state index in [2.05, 4.69) is 0 Å². The van der Waals surface area contributed by atoms with Crippen molar-refractivity contribution in [2.75, 3.05) is 11.4 Å². The van der Waals surface area contributed by atoms with E-state index in [4.69, 9.17) is 11.5 Å². The molecule has 1 aliphatic rings. The molecule has 0 bridgehead atoms. The average molecular weight is 301 g/mol. The number of hydrogen-bond acceptors (Lipinski definition) is 3. The van der Waals surface area contributed by atoms with E-state index in [9.17, 15) is 18.0 Å². The van der Waals surface area contributed by atoms with Crippen molar-refractivity contribution in [3.05, 3.63) is 29.3 Å². The van der Waals surface area contributed by atoms with Crippen molar-refractivity contribution in [3.8, 4) is 0 Å². The van der Waals surface area contributed by atoms with E-state index in [1.165, 1.54) is 6.07 Å². The first-order valence-corrected chi connectivity index (χ1v) is 6.80. The van der Waals surface area contributed by atoms with Crippen LogP contribution in [0.2, 0.25) is 0 Å². The Morgan fingerprint density at radius 1 is 1.33 bits per heavy atom. The molecule has 1 aromatic rings. The number of rotatable bonds is 3. The van der Waals surface area contributed by atoms with Gasteiger partial charge in [0.05, 0.1) is 5.56 Å². The molecule has 1 aromatic carbocycles. The lowest BCUT2D eigenvalue weighted by Gasteiger charge is -2.37. The molecule has 1 saturated heterocycles. The predicted octanol–water partition coefficient (Wildman–Crippen LogP) is 2.01. The van der Waals surface area contributed by atoms with Crippen molar-refractivity contribution in [1.29, 1.82) is 0 Å². The summed E-state index contributed by atoms with van der Waals surface area (Å²) in [6.45, 7) is 0.563. The summed E-state index contributed by atoms with van der Waals surface area (Å²) in [5.74, 6) is -0.461. The number of piperidine rings is 1. The van der Waals surface area contributed by atoms with Gasteiger partial charge in [0, 0.05) is 18.8 Å². The Morgan fingerprint density at radius 2 is 2.05 bits per heavy atom. The number of hydrogen-bond donors (Lipinski definition) is 2. The van der Waals surface area contributed by atoms with Crippen molar-refractivity contribution in [1.82, 2.24) is 0 Å². The summed E-state index contributed by atoms with van der Waals surface area (Å²) in [5.41, 5.74) is 11.2. The number of alkyl halides is 3. The summed E-state index contributed by atoms with van der Waals surface area (Å²) in [4.78, 5) is 13.3. The second-order valence-corrected chi connectivity index (χ2v) is 5.15. The number of amides is 1. The molecule has 7 heteroatoms. The molecular formula is C14H18F3N3O. The van der Waals surface area contributed by atoms with Crippen LogP contribution in [0.25, 0.3) is 0 Å². The molecule has 1 aliphatic heterocycles. The Balaban J connectivity index is 2.40. The fourth-order valence-electron chi connectivity index (χ4n) is 2.72. The molecule has 0 aromatic heterocycles. The zero-order valence-corrected chi connectivity index (χ0v) is 11.5. The van der Waals surface area contributed by atoms with E-state index < -0.39 is 23.7 Å². The summed E-state index contributed by atoms with van der Waals surface area (Å²) < 4.78 is 38.3. The monoisotopic (exact) mass is 301 g/mol. The van der Waals surface area contributed by atoms with Crippen molar-refractivity contribution in [2.45, 2.75) is 38.0 Å². The first-order valence-electron chi connectivity index (χ1n) is 6.80. The maximum atomic E-state index is 12.8. The number of nitrogens with two attached hydrogens (primary N) is 2. The normalized spacial score (nSPS) is 19.6. The van der Waals surface area contributed by atoms with Gasteiger partial charge in [0.1, 0.15) is 6.04 Å². The third-order valence-electron chi connectivity index (χ3n) is 3.77. The third kappa shape index (κ3) is 3.29. The molecule has 0 saturated carbocycles. The lowest BCUT2D eigenvalue weighted by atomic mass is 9.98. The predicted molar refractivity (Wildman–Crippen MR) is 73.5 cm³/mol. The quantitative estimate of drug-likeness (QED) is 0.897. The van der Waals surface area contributed by atoms with E-state index in [0.29, 0.717) is 24.2 Å². The van der Waals surface area contributed by atoms with Crippen molar-refractivity contribution in [3.63, 3.8) is 0 Å². The minimum atomic E-state index is -4.41. The molecule has 2 rings (SSSR count). The van der Waals surface area contributed by atoms with Gasteiger partial charge in [-0.05, 0) is 43.0 Å². The minimum Gasteiger partial charge on any atom is -0.368 e. The minimum absolute atomic E-state index is 0.0266. The molecule has 1 unspecified atom stereocenters. The zero-order chi connectivity index (χ0) is 15.6. The zero-order valence-electron chi connectivity index (χ0n) is 11.5. The van der Waals surface area contributed by atoms with Gasteiger partial charge in [0.15, 0.2) is 0 Å². The number of carbonyl (C=O) groups is 1. The highest BCUT2D eigenvalue weighted by Gasteiger charge is 2.33. The Kier molecular flexibility index (Phi) is 4.41. The summed E-state index contributed by atoms with van der Waals surface area (Å²) in [5, 5.41) is 0. The largest absolute Gasteiger partial charge is 0.416 e. The van der Waals surface area contributed by atoms with Gasteiger partial charge in [-0.25, -0.2) is 0 Å². The van der Waals surface area contributed by atoms with Crippen LogP contribution in [0.1, 0.15) is 30.4 Å². The highest BCUT2D eigenvalue weighted by molar-refractivity contribution is 5.84. The number of anilines is 1. The molecule has 1 atom stereocenters. The maximum Gasteiger partial charge on any atom is 0.416 e. The van der Waals surface area contributed by atoms with Crippen LogP contribution in [-0.4, -0.2) is 18.5 Å². The van der Waals surface area contributed by atoms with Gasteiger partial charge in [-0.1, -0.05) is 0 Å². The fourth-order valence-corrected chi connectivity index (χ4v) is 2.72. The lowest BCUT2D eigenvalue weighted by molar-refractivity contribution is -0.137. The summed E-state index contributed by atoms with van der Waals surface area (Å²) in [6.07, 6.45) is -2.05. The highest BCUT2D eigenvalue weighted by Crippen LogP contribution is 2.34. The maximum absolute atomic E-state index is 12.8. The van der Waals surface area contributed by atoms with Crippen LogP contribution >= 0.6 is 0 Å². The second-order valence-electron chi connectivity index (χ2n) is 5.15. The second kappa shape index (κ2) is 5.93. The fraction of sp³-hybridized carbons (Fsp3) is 0.500. The molecular weight excluding hydrogens is 283 g/mol. The van der Waals surface area contributed by atoms with Gasteiger partial charge in [0.25, 0.3) is 0 Å². The molecule has 0 radical (unpaired) electrons. The molecule has 4 nitrogen and oxygen atoms in total. The standard InChI is InChI=1S/C14H18F3N3O/c15-14(16,17)10-4-5-11(9(7-10)8-18)20-6-2-1-3-12(20)13(19)21/h4-5,7,12H,1-3,6,8,18H2,(H2,19,21). The molecule has 116 valence electrons. The smallest absolute Gasteiger partial charge is 0.368 e. The third-order valence-corrected chi connectivity index (χ3v) is 3.77. The van der Waals surface area contributed by atoms with Crippen LogP contribution in [0.5, 0.6) is 0 Å². The number of carbonyl (C=O) groups excluding carboxylic acids is 1. The Morgan fingerprint density at radius 3 is 2.62 bits per heavy atom. The Bertz CT molecular complexity index is 531. The Hall–Kier alpha value is -1.76. The van der Waals surface area contributed by atoms with Crippen molar-refractivity contribution in [2.24, 2.45) is 11.5 Å². The Labute approximate surface area is 120 Å². The summed E-state index contributed by atoms with van der Waals surface area (Å²) >= 11 is 0. The van der Waals surface area contributed by atoms with Gasteiger partial charge < -0.3 is 16.4 Å². The molecule has 0 aliphatic carbocycles. The van der Waals surface area contributed by atoms with Gasteiger partial charge in [-0.2, -0.15) is 13.2 Å². The van der Waals surface area contributed by atoms with Gasteiger partial charge in [-0.15, -0.1) is 0 Å². The van der Waals surface area contributed by atoms with E-state index in [0.717, 1.165) is 25.0 Å². The highest BCUT2D eigenvalue weighted by atomic mass is 19.4. The molecule has 1 fully saturated rings. The van der Waals surface area contributed by atoms with E-state index in [1.54, 1.807) is 4.90 Å². The molecule has 1 heterocycles.